The number of pyridine rings is 1. The summed E-state index contributed by atoms with van der Waals surface area (Å²) in [5, 5.41) is 2.95. The fourth-order valence-electron chi connectivity index (χ4n) is 1.99. The lowest BCUT2D eigenvalue weighted by atomic mass is 9.86. The maximum Gasteiger partial charge on any atom is 0.515 e. The van der Waals surface area contributed by atoms with Crippen molar-refractivity contribution in [3.63, 3.8) is 0 Å². The molecule has 0 N–H and O–H groups in total. The zero-order chi connectivity index (χ0) is 14.4. The number of nitrogens with zero attached hydrogens (tertiary/aromatic N) is 2. The molecule has 0 bridgehead atoms. The minimum atomic E-state index is -0.396. The molecular weight excluding hydrogens is 271 g/mol. The molecular formula is C14H17BN2O2S. The number of hydrogen-bond acceptors (Lipinski definition) is 5. The van der Waals surface area contributed by atoms with Gasteiger partial charge in [0.05, 0.1) is 16.8 Å². The summed E-state index contributed by atoms with van der Waals surface area (Å²) < 4.78 is 12.0. The van der Waals surface area contributed by atoms with Crippen LogP contribution in [0.1, 0.15) is 27.7 Å². The van der Waals surface area contributed by atoms with Crippen LogP contribution in [0.4, 0.5) is 0 Å². The van der Waals surface area contributed by atoms with Gasteiger partial charge in [-0.3, -0.25) is 4.98 Å². The zero-order valence-electron chi connectivity index (χ0n) is 12.1. The Hall–Kier alpha value is -1.24. The average Bonchev–Trinajstić information content (AvgIpc) is 2.94. The zero-order valence-corrected chi connectivity index (χ0v) is 12.9. The van der Waals surface area contributed by atoms with E-state index < -0.39 is 7.12 Å². The SMILES string of the molecule is CC1(C)OB(c2csc(-c3ccncc3)n2)OC1(C)C. The highest BCUT2D eigenvalue weighted by atomic mass is 32.1. The van der Waals surface area contributed by atoms with Crippen molar-refractivity contribution in [2.45, 2.75) is 38.9 Å². The molecule has 0 aliphatic carbocycles. The van der Waals surface area contributed by atoms with Gasteiger partial charge in [-0.05, 0) is 39.8 Å². The highest BCUT2D eigenvalue weighted by molar-refractivity contribution is 7.14. The quantitative estimate of drug-likeness (QED) is 0.796. The third kappa shape index (κ3) is 2.28. The molecule has 0 saturated carbocycles. The first kappa shape index (κ1) is 13.7. The molecule has 2 aromatic rings. The monoisotopic (exact) mass is 288 g/mol. The van der Waals surface area contributed by atoms with Crippen LogP contribution in [0.25, 0.3) is 10.6 Å². The van der Waals surface area contributed by atoms with Crippen LogP contribution in [0, 0.1) is 0 Å². The van der Waals surface area contributed by atoms with Crippen molar-refractivity contribution in [2.75, 3.05) is 0 Å². The van der Waals surface area contributed by atoms with Crippen LogP contribution in [-0.4, -0.2) is 28.3 Å². The van der Waals surface area contributed by atoms with Crippen molar-refractivity contribution < 1.29 is 9.31 Å². The van der Waals surface area contributed by atoms with Crippen LogP contribution in [0.5, 0.6) is 0 Å². The fourth-order valence-corrected chi connectivity index (χ4v) is 2.81. The Balaban J connectivity index is 1.86. The Labute approximate surface area is 123 Å². The molecule has 1 aliphatic rings. The van der Waals surface area contributed by atoms with Gasteiger partial charge in [-0.1, -0.05) is 0 Å². The third-order valence-electron chi connectivity index (χ3n) is 3.94. The molecule has 0 spiro atoms. The number of hydrogen-bond donors (Lipinski definition) is 0. The van der Waals surface area contributed by atoms with E-state index in [1.807, 2.05) is 45.2 Å². The second-order valence-electron chi connectivity index (χ2n) is 5.90. The third-order valence-corrected chi connectivity index (χ3v) is 4.85. The van der Waals surface area contributed by atoms with E-state index in [0.29, 0.717) is 0 Å². The highest BCUT2D eigenvalue weighted by Gasteiger charge is 2.52. The molecule has 0 amide bonds. The van der Waals surface area contributed by atoms with Gasteiger partial charge < -0.3 is 9.31 Å². The van der Waals surface area contributed by atoms with Crippen molar-refractivity contribution in [3.05, 3.63) is 29.9 Å². The molecule has 0 unspecified atom stereocenters. The molecule has 20 heavy (non-hydrogen) atoms. The Kier molecular flexibility index (Phi) is 3.19. The molecule has 0 atom stereocenters. The van der Waals surface area contributed by atoms with E-state index in [1.54, 1.807) is 23.7 Å². The van der Waals surface area contributed by atoms with Crippen LogP contribution >= 0.6 is 11.3 Å². The van der Waals surface area contributed by atoms with Gasteiger partial charge in [-0.15, -0.1) is 11.3 Å². The normalized spacial score (nSPS) is 20.3. The smallest absolute Gasteiger partial charge is 0.398 e. The maximum atomic E-state index is 6.01. The highest BCUT2D eigenvalue weighted by Crippen LogP contribution is 2.36. The van der Waals surface area contributed by atoms with E-state index in [9.17, 15) is 0 Å². The molecule has 4 nitrogen and oxygen atoms in total. The molecule has 3 rings (SSSR count). The van der Waals surface area contributed by atoms with Crippen LogP contribution in [0.3, 0.4) is 0 Å². The molecule has 6 heteroatoms. The van der Waals surface area contributed by atoms with Crippen LogP contribution < -0.4 is 5.59 Å². The maximum absolute atomic E-state index is 6.01. The first-order chi connectivity index (χ1) is 9.39. The van der Waals surface area contributed by atoms with E-state index in [1.165, 1.54) is 0 Å². The Morgan fingerprint density at radius 1 is 1.05 bits per heavy atom. The summed E-state index contributed by atoms with van der Waals surface area (Å²) >= 11 is 1.59. The molecule has 1 aliphatic heterocycles. The lowest BCUT2D eigenvalue weighted by Crippen LogP contribution is -2.41. The number of rotatable bonds is 2. The standard InChI is InChI=1S/C14H17BN2O2S/c1-13(2)14(3,4)19-15(18-13)11-9-20-12(17-11)10-5-7-16-8-6-10/h5-9H,1-4H3. The molecule has 1 fully saturated rings. The van der Waals surface area contributed by atoms with Crippen molar-refractivity contribution in [1.82, 2.24) is 9.97 Å². The van der Waals surface area contributed by atoms with Crippen LogP contribution in [-0.2, 0) is 9.31 Å². The lowest BCUT2D eigenvalue weighted by Gasteiger charge is -2.32. The van der Waals surface area contributed by atoms with Gasteiger partial charge in [0, 0.05) is 23.3 Å². The van der Waals surface area contributed by atoms with Crippen molar-refractivity contribution in [1.29, 1.82) is 0 Å². The summed E-state index contributed by atoms with van der Waals surface area (Å²) in [4.78, 5) is 8.66. The molecule has 2 aromatic heterocycles. The predicted octanol–water partition coefficient (Wildman–Crippen LogP) is 2.50. The second-order valence-corrected chi connectivity index (χ2v) is 6.76. The Morgan fingerprint density at radius 3 is 2.25 bits per heavy atom. The van der Waals surface area contributed by atoms with Gasteiger partial charge in [0.2, 0.25) is 0 Å². The van der Waals surface area contributed by atoms with Gasteiger partial charge in [0.15, 0.2) is 0 Å². The Morgan fingerprint density at radius 2 is 1.65 bits per heavy atom. The van der Waals surface area contributed by atoms with E-state index in [0.717, 1.165) is 16.2 Å². The van der Waals surface area contributed by atoms with Crippen LogP contribution in [0.15, 0.2) is 29.9 Å². The summed E-state index contributed by atoms with van der Waals surface area (Å²) in [5.41, 5.74) is 1.23. The molecule has 3 heterocycles. The van der Waals surface area contributed by atoms with Gasteiger partial charge in [-0.25, -0.2) is 4.98 Å². The first-order valence-corrected chi connectivity index (χ1v) is 7.48. The summed E-state index contributed by atoms with van der Waals surface area (Å²) in [6.07, 6.45) is 3.54. The summed E-state index contributed by atoms with van der Waals surface area (Å²) in [7, 11) is -0.396. The van der Waals surface area contributed by atoms with E-state index in [-0.39, 0.29) is 11.2 Å². The summed E-state index contributed by atoms with van der Waals surface area (Å²) in [6.45, 7) is 8.18. The van der Waals surface area contributed by atoms with Crippen molar-refractivity contribution in [2.24, 2.45) is 0 Å². The summed E-state index contributed by atoms with van der Waals surface area (Å²) in [6, 6.07) is 3.90. The van der Waals surface area contributed by atoms with Gasteiger partial charge in [0.25, 0.3) is 0 Å². The molecule has 0 aromatic carbocycles. The van der Waals surface area contributed by atoms with Gasteiger partial charge >= 0.3 is 7.12 Å². The summed E-state index contributed by atoms with van der Waals surface area (Å²) in [5.74, 6) is 0. The van der Waals surface area contributed by atoms with Gasteiger partial charge in [0.1, 0.15) is 5.01 Å². The first-order valence-electron chi connectivity index (χ1n) is 6.60. The Bertz CT molecular complexity index is 597. The largest absolute Gasteiger partial charge is 0.515 e. The number of aromatic nitrogens is 2. The average molecular weight is 288 g/mol. The van der Waals surface area contributed by atoms with Crippen molar-refractivity contribution in [3.8, 4) is 10.6 Å². The van der Waals surface area contributed by atoms with Crippen molar-refractivity contribution >= 4 is 24.0 Å². The van der Waals surface area contributed by atoms with E-state index in [4.69, 9.17) is 9.31 Å². The number of thiazole rings is 1. The van der Waals surface area contributed by atoms with E-state index in [2.05, 4.69) is 9.97 Å². The fraction of sp³-hybridized carbons (Fsp3) is 0.429. The lowest BCUT2D eigenvalue weighted by molar-refractivity contribution is 0.00578. The topological polar surface area (TPSA) is 44.2 Å². The molecule has 1 saturated heterocycles. The molecule has 104 valence electrons. The predicted molar refractivity (Wildman–Crippen MR) is 81.1 cm³/mol. The minimum absolute atomic E-state index is 0.335. The van der Waals surface area contributed by atoms with Crippen LogP contribution in [0.2, 0.25) is 0 Å². The molecule has 0 radical (unpaired) electrons. The second kappa shape index (κ2) is 4.65. The van der Waals surface area contributed by atoms with Gasteiger partial charge in [-0.2, -0.15) is 0 Å². The minimum Gasteiger partial charge on any atom is -0.398 e. The van der Waals surface area contributed by atoms with E-state index >= 15 is 0 Å².